The molecule has 5 nitrogen and oxygen atoms in total. The number of nitrogens with one attached hydrogen (secondary N) is 1. The van der Waals surface area contributed by atoms with Crippen LogP contribution in [0.2, 0.25) is 0 Å². The van der Waals surface area contributed by atoms with E-state index in [0.717, 1.165) is 44.8 Å². The fraction of sp³-hybridized carbons (Fsp3) is 0.571. The highest BCUT2D eigenvalue weighted by Crippen LogP contribution is 2.07. The van der Waals surface area contributed by atoms with Crippen molar-refractivity contribution < 1.29 is 9.53 Å². The van der Waals surface area contributed by atoms with Gasteiger partial charge in [0.25, 0.3) is 0 Å². The molecule has 1 aliphatic heterocycles. The molecule has 0 spiro atoms. The van der Waals surface area contributed by atoms with Gasteiger partial charge in [0.2, 0.25) is 5.91 Å². The number of carbonyl (C=O) groups excluding carboxylic acids is 1. The summed E-state index contributed by atoms with van der Waals surface area (Å²) in [6, 6.07) is 3.71. The molecular formula is C14H21N3O2. The van der Waals surface area contributed by atoms with Gasteiger partial charge in [0.05, 0.1) is 12.8 Å². The Morgan fingerprint density at radius 2 is 2.37 bits per heavy atom. The molecule has 0 atom stereocenters. The third-order valence-electron chi connectivity index (χ3n) is 3.13. The standard InChI is InChI=1S/C14H21N3O2/c18-14(17-9-3-7-15-8-10-17)5-2-11-19-13-4-1-6-16-12-13/h1,4,6,12,15H,2-3,5,7-11H2. The highest BCUT2D eigenvalue weighted by molar-refractivity contribution is 5.76. The highest BCUT2D eigenvalue weighted by Gasteiger charge is 2.14. The number of hydrogen-bond donors (Lipinski definition) is 1. The van der Waals surface area contributed by atoms with Crippen LogP contribution in [0.5, 0.6) is 5.75 Å². The van der Waals surface area contributed by atoms with Crippen LogP contribution < -0.4 is 10.1 Å². The first-order valence-corrected chi connectivity index (χ1v) is 6.87. The molecule has 1 aromatic rings. The number of nitrogens with zero attached hydrogens (tertiary/aromatic N) is 2. The van der Waals surface area contributed by atoms with E-state index in [9.17, 15) is 4.79 Å². The smallest absolute Gasteiger partial charge is 0.222 e. The van der Waals surface area contributed by atoms with Gasteiger partial charge in [0.1, 0.15) is 5.75 Å². The molecule has 1 N–H and O–H groups in total. The summed E-state index contributed by atoms with van der Waals surface area (Å²) >= 11 is 0. The zero-order valence-corrected chi connectivity index (χ0v) is 11.2. The van der Waals surface area contributed by atoms with Crippen molar-refractivity contribution in [1.29, 1.82) is 0 Å². The quantitative estimate of drug-likeness (QED) is 0.807. The minimum Gasteiger partial charge on any atom is -0.492 e. The zero-order valence-electron chi connectivity index (χ0n) is 11.2. The number of carbonyl (C=O) groups is 1. The average molecular weight is 263 g/mol. The van der Waals surface area contributed by atoms with Gasteiger partial charge in [0, 0.05) is 32.3 Å². The molecule has 0 aliphatic carbocycles. The Morgan fingerprint density at radius 3 is 3.21 bits per heavy atom. The molecule has 1 aliphatic rings. The van der Waals surface area contributed by atoms with Crippen LogP contribution in [0.3, 0.4) is 0 Å². The Kier molecular flexibility index (Phi) is 5.62. The lowest BCUT2D eigenvalue weighted by Gasteiger charge is -2.19. The summed E-state index contributed by atoms with van der Waals surface area (Å²) in [7, 11) is 0. The molecule has 0 radical (unpaired) electrons. The molecule has 0 saturated carbocycles. The second-order valence-corrected chi connectivity index (χ2v) is 4.63. The number of pyridine rings is 1. The summed E-state index contributed by atoms with van der Waals surface area (Å²) in [4.78, 5) is 17.9. The molecule has 19 heavy (non-hydrogen) atoms. The fourth-order valence-electron chi connectivity index (χ4n) is 2.10. The topological polar surface area (TPSA) is 54.5 Å². The lowest BCUT2D eigenvalue weighted by molar-refractivity contribution is -0.131. The van der Waals surface area contributed by atoms with Crippen molar-refractivity contribution in [3.63, 3.8) is 0 Å². The van der Waals surface area contributed by atoms with Gasteiger partial charge in [-0.2, -0.15) is 0 Å². The fourth-order valence-corrected chi connectivity index (χ4v) is 2.10. The summed E-state index contributed by atoms with van der Waals surface area (Å²) in [5.74, 6) is 0.993. The normalized spacial score (nSPS) is 15.9. The number of hydrogen-bond acceptors (Lipinski definition) is 4. The first kappa shape index (κ1) is 13.8. The Morgan fingerprint density at radius 1 is 1.42 bits per heavy atom. The van der Waals surface area contributed by atoms with E-state index >= 15 is 0 Å². The van der Waals surface area contributed by atoms with Crippen LogP contribution in [0, 0.1) is 0 Å². The average Bonchev–Trinajstić information content (AvgIpc) is 2.73. The van der Waals surface area contributed by atoms with Crippen molar-refractivity contribution in [2.45, 2.75) is 19.3 Å². The van der Waals surface area contributed by atoms with Crippen LogP contribution in [0.25, 0.3) is 0 Å². The highest BCUT2D eigenvalue weighted by atomic mass is 16.5. The van der Waals surface area contributed by atoms with E-state index in [1.807, 2.05) is 17.0 Å². The minimum absolute atomic E-state index is 0.235. The second kappa shape index (κ2) is 7.74. The van der Waals surface area contributed by atoms with E-state index < -0.39 is 0 Å². The lowest BCUT2D eigenvalue weighted by Crippen LogP contribution is -2.34. The number of rotatable bonds is 5. The lowest BCUT2D eigenvalue weighted by atomic mass is 10.2. The maximum Gasteiger partial charge on any atom is 0.222 e. The Balaban J connectivity index is 1.63. The Bertz CT molecular complexity index is 376. The molecule has 1 saturated heterocycles. The summed E-state index contributed by atoms with van der Waals surface area (Å²) in [6.07, 6.45) is 5.74. The maximum atomic E-state index is 12.0. The first-order chi connectivity index (χ1) is 9.36. The van der Waals surface area contributed by atoms with Crippen LogP contribution in [0.1, 0.15) is 19.3 Å². The molecule has 1 fully saturated rings. The van der Waals surface area contributed by atoms with Gasteiger partial charge >= 0.3 is 0 Å². The van der Waals surface area contributed by atoms with Gasteiger partial charge in [-0.05, 0) is 31.5 Å². The minimum atomic E-state index is 0.235. The van der Waals surface area contributed by atoms with E-state index in [0.29, 0.717) is 13.0 Å². The molecule has 2 rings (SSSR count). The van der Waals surface area contributed by atoms with Gasteiger partial charge < -0.3 is 15.0 Å². The van der Waals surface area contributed by atoms with Crippen LogP contribution in [-0.2, 0) is 4.79 Å². The predicted octanol–water partition coefficient (Wildman–Crippen LogP) is 1.06. The molecule has 0 unspecified atom stereocenters. The Hall–Kier alpha value is -1.62. The van der Waals surface area contributed by atoms with Crippen LogP contribution in [-0.4, -0.2) is 48.6 Å². The predicted molar refractivity (Wildman–Crippen MR) is 73.0 cm³/mol. The van der Waals surface area contributed by atoms with Crippen molar-refractivity contribution in [1.82, 2.24) is 15.2 Å². The number of amides is 1. The zero-order chi connectivity index (χ0) is 13.3. The van der Waals surface area contributed by atoms with Gasteiger partial charge in [0.15, 0.2) is 0 Å². The van der Waals surface area contributed by atoms with Gasteiger partial charge in [-0.25, -0.2) is 0 Å². The molecular weight excluding hydrogens is 242 g/mol. The van der Waals surface area contributed by atoms with Crippen LogP contribution >= 0.6 is 0 Å². The first-order valence-electron chi connectivity index (χ1n) is 6.87. The number of ether oxygens (including phenoxy) is 1. The molecule has 1 amide bonds. The SMILES string of the molecule is O=C(CCCOc1cccnc1)N1CCCNCC1. The van der Waals surface area contributed by atoms with Crippen LogP contribution in [0.15, 0.2) is 24.5 Å². The molecule has 5 heteroatoms. The van der Waals surface area contributed by atoms with E-state index in [1.54, 1.807) is 12.4 Å². The molecule has 0 aromatic carbocycles. The summed E-state index contributed by atoms with van der Waals surface area (Å²) in [6.45, 7) is 4.16. The van der Waals surface area contributed by atoms with Crippen molar-refractivity contribution >= 4 is 5.91 Å². The third kappa shape index (κ3) is 4.87. The monoisotopic (exact) mass is 263 g/mol. The second-order valence-electron chi connectivity index (χ2n) is 4.63. The van der Waals surface area contributed by atoms with Gasteiger partial charge in [-0.3, -0.25) is 9.78 Å². The summed E-state index contributed by atoms with van der Waals surface area (Å²) in [5.41, 5.74) is 0. The van der Waals surface area contributed by atoms with Crippen molar-refractivity contribution in [2.75, 3.05) is 32.8 Å². The molecule has 104 valence electrons. The van der Waals surface area contributed by atoms with Crippen molar-refractivity contribution in [3.8, 4) is 5.75 Å². The third-order valence-corrected chi connectivity index (χ3v) is 3.13. The van der Waals surface area contributed by atoms with Gasteiger partial charge in [-0.15, -0.1) is 0 Å². The molecule has 0 bridgehead atoms. The van der Waals surface area contributed by atoms with Gasteiger partial charge in [-0.1, -0.05) is 0 Å². The summed E-state index contributed by atoms with van der Waals surface area (Å²) in [5, 5.41) is 3.30. The Labute approximate surface area is 114 Å². The summed E-state index contributed by atoms with van der Waals surface area (Å²) < 4.78 is 5.52. The van der Waals surface area contributed by atoms with E-state index in [-0.39, 0.29) is 5.91 Å². The van der Waals surface area contributed by atoms with E-state index in [2.05, 4.69) is 10.3 Å². The van der Waals surface area contributed by atoms with Crippen LogP contribution in [0.4, 0.5) is 0 Å². The van der Waals surface area contributed by atoms with E-state index in [1.165, 1.54) is 0 Å². The maximum absolute atomic E-state index is 12.0. The number of aromatic nitrogens is 1. The van der Waals surface area contributed by atoms with Crippen molar-refractivity contribution in [3.05, 3.63) is 24.5 Å². The van der Waals surface area contributed by atoms with Crippen molar-refractivity contribution in [2.24, 2.45) is 0 Å². The molecule has 1 aromatic heterocycles. The van der Waals surface area contributed by atoms with E-state index in [4.69, 9.17) is 4.74 Å². The largest absolute Gasteiger partial charge is 0.492 e. The molecule has 2 heterocycles.